The fourth-order valence-corrected chi connectivity index (χ4v) is 4.44. The topological polar surface area (TPSA) is 108 Å². The molecule has 1 saturated carbocycles. The average Bonchev–Trinajstić information content (AvgIpc) is 3.10. The van der Waals surface area contributed by atoms with Crippen molar-refractivity contribution in [1.82, 2.24) is 9.61 Å². The van der Waals surface area contributed by atoms with Crippen LogP contribution in [-0.2, 0) is 6.42 Å². The van der Waals surface area contributed by atoms with Gasteiger partial charge >= 0.3 is 0 Å². The number of aryl methyl sites for hydroxylation is 1. The number of fused-ring (bicyclic) bond motifs is 1. The highest BCUT2D eigenvalue weighted by Crippen LogP contribution is 2.31. The number of aliphatic hydroxyl groups is 1. The summed E-state index contributed by atoms with van der Waals surface area (Å²) in [5.41, 5.74) is 10.6. The zero-order valence-electron chi connectivity index (χ0n) is 16.8. The molecule has 30 heavy (non-hydrogen) atoms. The Morgan fingerprint density at radius 2 is 2.20 bits per heavy atom. The van der Waals surface area contributed by atoms with Crippen molar-refractivity contribution in [1.29, 1.82) is 0 Å². The van der Waals surface area contributed by atoms with Crippen molar-refractivity contribution < 1.29 is 10.2 Å². The van der Waals surface area contributed by atoms with Gasteiger partial charge in [0, 0.05) is 16.7 Å². The van der Waals surface area contributed by atoms with Gasteiger partial charge in [-0.1, -0.05) is 6.92 Å². The minimum absolute atomic E-state index is 0.153. The van der Waals surface area contributed by atoms with Crippen LogP contribution in [0, 0.1) is 0 Å². The van der Waals surface area contributed by atoms with Crippen molar-refractivity contribution in [2.24, 2.45) is 10.7 Å². The molecule has 0 bridgehead atoms. The maximum absolute atomic E-state index is 10.1. The number of benzene rings is 1. The molecule has 1 aromatic carbocycles. The Morgan fingerprint density at radius 3 is 2.97 bits per heavy atom. The fourth-order valence-electron chi connectivity index (χ4n) is 4.02. The minimum atomic E-state index is -0.286. The smallest absolute Gasteiger partial charge is 0.135 e. The second-order valence-electron chi connectivity index (χ2n) is 7.75. The summed E-state index contributed by atoms with van der Waals surface area (Å²) in [6, 6.07) is 7.23. The molecule has 2 heterocycles. The highest BCUT2D eigenvalue weighted by molar-refractivity contribution is 9.10. The van der Waals surface area contributed by atoms with Gasteiger partial charge in [-0.15, -0.1) is 0 Å². The highest BCUT2D eigenvalue weighted by atomic mass is 79.9. The Morgan fingerprint density at radius 1 is 1.37 bits per heavy atom. The van der Waals surface area contributed by atoms with Gasteiger partial charge in [0.05, 0.1) is 34.8 Å². The normalized spacial score (nSPS) is 19.9. The molecule has 0 amide bonds. The number of phenols is 1. The van der Waals surface area contributed by atoms with E-state index in [0.29, 0.717) is 17.8 Å². The maximum atomic E-state index is 10.1. The number of nitrogens with one attached hydrogen (secondary N) is 1. The van der Waals surface area contributed by atoms with Crippen molar-refractivity contribution in [3.8, 4) is 5.75 Å². The van der Waals surface area contributed by atoms with Gasteiger partial charge in [-0.25, -0.2) is 9.51 Å². The summed E-state index contributed by atoms with van der Waals surface area (Å²) in [6.45, 7) is 2.01. The van der Waals surface area contributed by atoms with Gasteiger partial charge in [0.25, 0.3) is 0 Å². The van der Waals surface area contributed by atoms with E-state index in [-0.39, 0.29) is 17.9 Å². The summed E-state index contributed by atoms with van der Waals surface area (Å²) in [7, 11) is 0. The summed E-state index contributed by atoms with van der Waals surface area (Å²) >= 11 is 3.52. The molecule has 2 unspecified atom stereocenters. The molecule has 1 fully saturated rings. The number of hydrogen-bond donors (Lipinski definition) is 4. The molecule has 2 atom stereocenters. The van der Waals surface area contributed by atoms with Gasteiger partial charge in [-0.05, 0) is 77.9 Å². The number of aliphatic imine (C=N–C) groups is 1. The summed E-state index contributed by atoms with van der Waals surface area (Å²) in [4.78, 5) is 4.66. The van der Waals surface area contributed by atoms with Gasteiger partial charge in [0.2, 0.25) is 0 Å². The molecule has 7 nitrogen and oxygen atoms in total. The molecule has 8 heteroatoms. The summed E-state index contributed by atoms with van der Waals surface area (Å²) in [5.74, 6) is 0.560. The van der Waals surface area contributed by atoms with E-state index in [9.17, 15) is 10.2 Å². The third-order valence-corrected chi connectivity index (χ3v) is 5.99. The van der Waals surface area contributed by atoms with Crippen LogP contribution in [0.1, 0.15) is 43.7 Å². The molecule has 3 aromatic rings. The number of halogens is 1. The monoisotopic (exact) mass is 471 g/mol. The van der Waals surface area contributed by atoms with Gasteiger partial charge in [-0.2, -0.15) is 5.10 Å². The van der Waals surface area contributed by atoms with Gasteiger partial charge < -0.3 is 21.3 Å². The molecule has 2 aromatic heterocycles. The zero-order valence-corrected chi connectivity index (χ0v) is 18.4. The van der Waals surface area contributed by atoms with Gasteiger partial charge in [0.1, 0.15) is 11.6 Å². The van der Waals surface area contributed by atoms with Crippen molar-refractivity contribution >= 4 is 38.7 Å². The molecular formula is C22H26BrN5O2. The Labute approximate surface area is 183 Å². The number of nitrogens with two attached hydrogens (primary N) is 1. The van der Waals surface area contributed by atoms with Crippen LogP contribution in [0.15, 0.2) is 46.1 Å². The van der Waals surface area contributed by atoms with Gasteiger partial charge in [-0.3, -0.25) is 0 Å². The van der Waals surface area contributed by atoms with Crippen molar-refractivity contribution in [2.75, 3.05) is 5.32 Å². The van der Waals surface area contributed by atoms with E-state index in [0.717, 1.165) is 52.6 Å². The standard InChI is InChI=1S/C22H26BrN5O2/c1-2-13-8-17(30)6-7-19(13)27-22(24)18-11-25-28-12-14(23)9-20(28)21(18)26-15-4-3-5-16(29)10-15/h6-9,11-12,15-16,26,29-30H,2-5,10H2,1H3,(H2,24,27). The number of nitrogens with zero attached hydrogens (tertiary/aromatic N) is 3. The van der Waals surface area contributed by atoms with Crippen LogP contribution in [0.5, 0.6) is 5.75 Å². The van der Waals surface area contributed by atoms with Crippen LogP contribution in [0.2, 0.25) is 0 Å². The van der Waals surface area contributed by atoms with Crippen LogP contribution >= 0.6 is 15.9 Å². The fraction of sp³-hybridized carbons (Fsp3) is 0.364. The number of phenolic OH excluding ortho intramolecular Hbond substituents is 1. The van der Waals surface area contributed by atoms with Crippen LogP contribution < -0.4 is 11.1 Å². The van der Waals surface area contributed by atoms with Crippen LogP contribution in [0.25, 0.3) is 5.52 Å². The average molecular weight is 472 g/mol. The van der Waals surface area contributed by atoms with Crippen LogP contribution in [0.4, 0.5) is 11.4 Å². The second kappa shape index (κ2) is 8.65. The SMILES string of the molecule is CCc1cc(O)ccc1N=C(N)c1cnn2cc(Br)cc2c1NC1CCCC(O)C1. The first-order chi connectivity index (χ1) is 14.4. The van der Waals surface area contributed by atoms with E-state index in [1.807, 2.05) is 19.2 Å². The third-order valence-electron chi connectivity index (χ3n) is 5.56. The van der Waals surface area contributed by atoms with Crippen molar-refractivity contribution in [3.05, 3.63) is 52.3 Å². The number of aromatic hydroxyl groups is 1. The Balaban J connectivity index is 1.78. The zero-order chi connectivity index (χ0) is 21.3. The largest absolute Gasteiger partial charge is 0.508 e. The molecular weight excluding hydrogens is 446 g/mol. The van der Waals surface area contributed by atoms with E-state index in [1.165, 1.54) is 0 Å². The van der Waals surface area contributed by atoms with E-state index >= 15 is 0 Å². The van der Waals surface area contributed by atoms with E-state index < -0.39 is 0 Å². The van der Waals surface area contributed by atoms with E-state index in [1.54, 1.807) is 28.9 Å². The van der Waals surface area contributed by atoms with E-state index in [2.05, 4.69) is 31.3 Å². The number of aromatic nitrogens is 2. The lowest BCUT2D eigenvalue weighted by molar-refractivity contribution is 0.124. The molecule has 0 saturated heterocycles. The summed E-state index contributed by atoms with van der Waals surface area (Å²) in [6.07, 6.45) is 7.57. The van der Waals surface area contributed by atoms with Crippen LogP contribution in [-0.4, -0.2) is 37.8 Å². The van der Waals surface area contributed by atoms with Crippen molar-refractivity contribution in [3.63, 3.8) is 0 Å². The Hall–Kier alpha value is -2.58. The number of rotatable bonds is 5. The first-order valence-corrected chi connectivity index (χ1v) is 11.0. The molecule has 0 radical (unpaired) electrons. The lowest BCUT2D eigenvalue weighted by atomic mass is 9.92. The van der Waals surface area contributed by atoms with Crippen LogP contribution in [0.3, 0.4) is 0 Å². The Bertz CT molecular complexity index is 1090. The van der Waals surface area contributed by atoms with Gasteiger partial charge in [0.15, 0.2) is 0 Å². The van der Waals surface area contributed by atoms with E-state index in [4.69, 9.17) is 5.73 Å². The van der Waals surface area contributed by atoms with Crippen molar-refractivity contribution in [2.45, 2.75) is 51.2 Å². The molecule has 0 aliphatic heterocycles. The predicted octanol–water partition coefficient (Wildman–Crippen LogP) is 4.12. The molecule has 158 valence electrons. The molecule has 4 rings (SSSR count). The Kier molecular flexibility index (Phi) is 5.97. The second-order valence-corrected chi connectivity index (χ2v) is 8.66. The number of anilines is 1. The minimum Gasteiger partial charge on any atom is -0.508 e. The first-order valence-electron chi connectivity index (χ1n) is 10.2. The molecule has 1 aliphatic carbocycles. The summed E-state index contributed by atoms with van der Waals surface area (Å²) in [5, 5.41) is 27.9. The number of hydrogen-bond acceptors (Lipinski definition) is 5. The first kappa shape index (κ1) is 20.7. The highest BCUT2D eigenvalue weighted by Gasteiger charge is 2.23. The number of amidine groups is 1. The molecule has 0 spiro atoms. The number of aliphatic hydroxyl groups excluding tert-OH is 1. The molecule has 5 N–H and O–H groups in total. The lowest BCUT2D eigenvalue weighted by Crippen LogP contribution is -2.31. The quantitative estimate of drug-likeness (QED) is 0.330. The lowest BCUT2D eigenvalue weighted by Gasteiger charge is -2.28. The maximum Gasteiger partial charge on any atom is 0.135 e. The third kappa shape index (κ3) is 4.29. The molecule has 1 aliphatic rings. The summed E-state index contributed by atoms with van der Waals surface area (Å²) < 4.78 is 2.71. The predicted molar refractivity (Wildman–Crippen MR) is 123 cm³/mol.